The predicted octanol–water partition coefficient (Wildman–Crippen LogP) is 3.94. The zero-order valence-corrected chi connectivity index (χ0v) is 11.8. The SMILES string of the molecule is C=CC(=NC)N1C(=C)c2c(C)cccc2N=C1CC. The van der Waals surface area contributed by atoms with Crippen LogP contribution in [0.4, 0.5) is 5.69 Å². The number of nitrogens with zero attached hydrogens (tertiary/aromatic N) is 3. The van der Waals surface area contributed by atoms with Crippen LogP contribution in [0.25, 0.3) is 5.70 Å². The van der Waals surface area contributed by atoms with Crippen LogP contribution in [0.1, 0.15) is 24.5 Å². The summed E-state index contributed by atoms with van der Waals surface area (Å²) in [6.45, 7) is 12.2. The number of hydrogen-bond donors (Lipinski definition) is 0. The smallest absolute Gasteiger partial charge is 0.132 e. The van der Waals surface area contributed by atoms with E-state index in [1.807, 2.05) is 17.0 Å². The van der Waals surface area contributed by atoms with Crippen molar-refractivity contribution in [2.75, 3.05) is 7.05 Å². The van der Waals surface area contributed by atoms with Gasteiger partial charge in [0.15, 0.2) is 0 Å². The highest BCUT2D eigenvalue weighted by Gasteiger charge is 2.25. The summed E-state index contributed by atoms with van der Waals surface area (Å²) in [5.41, 5.74) is 4.16. The molecule has 0 aliphatic carbocycles. The molecule has 3 nitrogen and oxygen atoms in total. The van der Waals surface area contributed by atoms with Gasteiger partial charge in [0, 0.05) is 19.0 Å². The average molecular weight is 253 g/mol. The number of aryl methyl sites for hydroxylation is 1. The summed E-state index contributed by atoms with van der Waals surface area (Å²) < 4.78 is 0. The number of hydrogen-bond acceptors (Lipinski definition) is 2. The number of amidine groups is 2. The summed E-state index contributed by atoms with van der Waals surface area (Å²) in [5, 5.41) is 0. The van der Waals surface area contributed by atoms with Crippen LogP contribution >= 0.6 is 0 Å². The second-order valence-corrected chi connectivity index (χ2v) is 4.42. The zero-order valence-electron chi connectivity index (χ0n) is 11.8. The lowest BCUT2D eigenvalue weighted by Crippen LogP contribution is -2.35. The van der Waals surface area contributed by atoms with Gasteiger partial charge in [-0.25, -0.2) is 4.99 Å². The summed E-state index contributed by atoms with van der Waals surface area (Å²) in [5.74, 6) is 1.73. The van der Waals surface area contributed by atoms with Crippen LogP contribution < -0.4 is 0 Å². The molecule has 0 N–H and O–H groups in total. The lowest BCUT2D eigenvalue weighted by molar-refractivity contribution is 0.817. The van der Waals surface area contributed by atoms with Gasteiger partial charge >= 0.3 is 0 Å². The number of aliphatic imine (C=N–C) groups is 2. The van der Waals surface area contributed by atoms with E-state index in [4.69, 9.17) is 4.99 Å². The second kappa shape index (κ2) is 5.22. The van der Waals surface area contributed by atoms with Gasteiger partial charge in [0.25, 0.3) is 0 Å². The molecule has 0 saturated heterocycles. The lowest BCUT2D eigenvalue weighted by atomic mass is 10.0. The minimum absolute atomic E-state index is 0.777. The van der Waals surface area contributed by atoms with Gasteiger partial charge < -0.3 is 0 Å². The Morgan fingerprint density at radius 2 is 2.21 bits per heavy atom. The molecule has 1 aliphatic rings. The van der Waals surface area contributed by atoms with Crippen molar-refractivity contribution < 1.29 is 0 Å². The highest BCUT2D eigenvalue weighted by atomic mass is 15.3. The fourth-order valence-electron chi connectivity index (χ4n) is 2.37. The fraction of sp³-hybridized carbons (Fsp3) is 0.250. The molecule has 98 valence electrons. The van der Waals surface area contributed by atoms with Crippen molar-refractivity contribution in [3.8, 4) is 0 Å². The highest BCUT2D eigenvalue weighted by Crippen LogP contribution is 2.36. The highest BCUT2D eigenvalue weighted by molar-refractivity contribution is 6.15. The minimum Gasteiger partial charge on any atom is -0.283 e. The molecule has 0 amide bonds. The van der Waals surface area contributed by atoms with Crippen molar-refractivity contribution >= 4 is 23.1 Å². The molecular formula is C16H19N3. The summed E-state index contributed by atoms with van der Waals surface area (Å²) >= 11 is 0. The van der Waals surface area contributed by atoms with Gasteiger partial charge in [-0.1, -0.05) is 32.2 Å². The third kappa shape index (κ3) is 2.12. The fourth-order valence-corrected chi connectivity index (χ4v) is 2.37. The van der Waals surface area contributed by atoms with Crippen molar-refractivity contribution in [2.45, 2.75) is 20.3 Å². The molecule has 1 heterocycles. The van der Waals surface area contributed by atoms with Crippen LogP contribution in [-0.4, -0.2) is 23.6 Å². The summed E-state index contributed by atoms with van der Waals surface area (Å²) in [6, 6.07) is 6.12. The normalized spacial score (nSPS) is 15.1. The molecule has 0 saturated carbocycles. The molecule has 0 unspecified atom stereocenters. The van der Waals surface area contributed by atoms with E-state index in [-0.39, 0.29) is 0 Å². The molecule has 0 bridgehead atoms. The molecule has 2 rings (SSSR count). The van der Waals surface area contributed by atoms with Crippen molar-refractivity contribution in [1.82, 2.24) is 4.90 Å². The molecule has 0 fully saturated rings. The molecule has 0 radical (unpaired) electrons. The van der Waals surface area contributed by atoms with E-state index in [0.717, 1.165) is 35.0 Å². The maximum atomic E-state index is 4.73. The van der Waals surface area contributed by atoms with Crippen LogP contribution in [0.5, 0.6) is 0 Å². The summed E-state index contributed by atoms with van der Waals surface area (Å²) in [7, 11) is 1.75. The van der Waals surface area contributed by atoms with E-state index in [0.29, 0.717) is 0 Å². The summed E-state index contributed by atoms with van der Waals surface area (Å²) in [4.78, 5) is 11.0. The Bertz CT molecular complexity index is 594. The van der Waals surface area contributed by atoms with E-state index >= 15 is 0 Å². The summed E-state index contributed by atoms with van der Waals surface area (Å²) in [6.07, 6.45) is 2.55. The molecule has 1 aromatic carbocycles. The van der Waals surface area contributed by atoms with Crippen LogP contribution in [-0.2, 0) is 0 Å². The van der Waals surface area contributed by atoms with Crippen LogP contribution in [0.15, 0.2) is 47.4 Å². The Morgan fingerprint density at radius 3 is 2.79 bits per heavy atom. The number of rotatable bonds is 2. The lowest BCUT2D eigenvalue weighted by Gasteiger charge is -2.32. The Labute approximate surface area is 114 Å². The van der Waals surface area contributed by atoms with Crippen molar-refractivity contribution in [1.29, 1.82) is 0 Å². The monoisotopic (exact) mass is 253 g/mol. The average Bonchev–Trinajstić information content (AvgIpc) is 2.41. The van der Waals surface area contributed by atoms with E-state index in [9.17, 15) is 0 Å². The second-order valence-electron chi connectivity index (χ2n) is 4.42. The standard InChI is InChI=1S/C16H19N3/c1-6-14(17-5)19-12(4)16-11(3)9-8-10-13(16)18-15(19)7-2/h6,8-10H,1,4,7H2,2-3,5H3. The molecule has 3 heteroatoms. The Balaban J connectivity index is 2.65. The quantitative estimate of drug-likeness (QED) is 0.579. The number of fused-ring (bicyclic) bond motifs is 1. The van der Waals surface area contributed by atoms with Gasteiger partial charge in [-0.15, -0.1) is 0 Å². The van der Waals surface area contributed by atoms with Gasteiger partial charge in [-0.05, 0) is 24.6 Å². The Morgan fingerprint density at radius 1 is 1.47 bits per heavy atom. The van der Waals surface area contributed by atoms with Gasteiger partial charge in [-0.2, -0.15) is 0 Å². The Kier molecular flexibility index (Phi) is 3.65. The van der Waals surface area contributed by atoms with E-state index in [2.05, 4.69) is 38.1 Å². The van der Waals surface area contributed by atoms with Crippen LogP contribution in [0.3, 0.4) is 0 Å². The van der Waals surface area contributed by atoms with Gasteiger partial charge in [0.2, 0.25) is 0 Å². The third-order valence-electron chi connectivity index (χ3n) is 3.27. The molecule has 0 atom stereocenters. The largest absolute Gasteiger partial charge is 0.283 e. The first kappa shape index (κ1) is 13.3. The molecule has 19 heavy (non-hydrogen) atoms. The topological polar surface area (TPSA) is 28.0 Å². The first-order valence-electron chi connectivity index (χ1n) is 6.39. The first-order valence-corrected chi connectivity index (χ1v) is 6.39. The van der Waals surface area contributed by atoms with E-state index in [1.165, 1.54) is 5.56 Å². The van der Waals surface area contributed by atoms with Gasteiger partial charge in [0.05, 0.1) is 11.4 Å². The minimum atomic E-state index is 0.777. The molecule has 1 aromatic rings. The first-order chi connectivity index (χ1) is 9.13. The van der Waals surface area contributed by atoms with E-state index < -0.39 is 0 Å². The molecular weight excluding hydrogens is 234 g/mol. The predicted molar refractivity (Wildman–Crippen MR) is 83.0 cm³/mol. The molecule has 1 aliphatic heterocycles. The number of benzene rings is 1. The van der Waals surface area contributed by atoms with Crippen molar-refractivity contribution in [2.24, 2.45) is 9.98 Å². The van der Waals surface area contributed by atoms with Gasteiger partial charge in [-0.3, -0.25) is 9.89 Å². The third-order valence-corrected chi connectivity index (χ3v) is 3.27. The zero-order chi connectivity index (χ0) is 14.0. The van der Waals surface area contributed by atoms with Crippen LogP contribution in [0, 0.1) is 6.92 Å². The Hall–Kier alpha value is -2.16. The van der Waals surface area contributed by atoms with Crippen molar-refractivity contribution in [3.05, 3.63) is 48.6 Å². The van der Waals surface area contributed by atoms with E-state index in [1.54, 1.807) is 13.1 Å². The maximum absolute atomic E-state index is 4.73. The van der Waals surface area contributed by atoms with Crippen LogP contribution in [0.2, 0.25) is 0 Å². The molecule has 0 spiro atoms. The van der Waals surface area contributed by atoms with Crippen molar-refractivity contribution in [3.63, 3.8) is 0 Å². The molecule has 0 aromatic heterocycles. The maximum Gasteiger partial charge on any atom is 0.132 e. The van der Waals surface area contributed by atoms with Gasteiger partial charge in [0.1, 0.15) is 11.7 Å².